The zero-order valence-electron chi connectivity index (χ0n) is 23.4. The molecule has 0 aliphatic heterocycles. The third-order valence-corrected chi connectivity index (χ3v) is 8.65. The van der Waals surface area contributed by atoms with Gasteiger partial charge in [-0.3, -0.25) is 14.6 Å². The van der Waals surface area contributed by atoms with E-state index in [4.69, 9.17) is 4.98 Å². The summed E-state index contributed by atoms with van der Waals surface area (Å²) in [6, 6.07) is 4.00. The number of amides is 2. The van der Waals surface area contributed by atoms with E-state index >= 15 is 0 Å². The second-order valence-corrected chi connectivity index (χ2v) is 12.1. The Morgan fingerprint density at radius 1 is 1.02 bits per heavy atom. The summed E-state index contributed by atoms with van der Waals surface area (Å²) in [7, 11) is 0. The largest absolute Gasteiger partial charge is 0.389 e. The first kappa shape index (κ1) is 29.4. The van der Waals surface area contributed by atoms with Crippen molar-refractivity contribution in [1.29, 1.82) is 0 Å². The number of alkyl halides is 5. The van der Waals surface area contributed by atoms with Crippen LogP contribution in [0.2, 0.25) is 0 Å². The summed E-state index contributed by atoms with van der Waals surface area (Å²) >= 11 is 0. The molecule has 43 heavy (non-hydrogen) atoms. The number of hydrogen-bond donors (Lipinski definition) is 2. The van der Waals surface area contributed by atoms with E-state index in [-0.39, 0.29) is 49.3 Å². The zero-order chi connectivity index (χ0) is 30.4. The Kier molecular flexibility index (Phi) is 7.84. The van der Waals surface area contributed by atoms with Crippen LogP contribution >= 0.6 is 0 Å². The van der Waals surface area contributed by atoms with Gasteiger partial charge < -0.3 is 10.6 Å². The van der Waals surface area contributed by atoms with Gasteiger partial charge in [-0.05, 0) is 74.1 Å². The number of halogens is 5. The Morgan fingerprint density at radius 3 is 2.42 bits per heavy atom. The maximum absolute atomic E-state index is 14.1. The average Bonchev–Trinajstić information content (AvgIpc) is 3.90. The summed E-state index contributed by atoms with van der Waals surface area (Å²) in [5.74, 6) is -3.72. The summed E-state index contributed by atoms with van der Waals surface area (Å²) in [5, 5.41) is 10.2. The molecule has 2 N–H and O–H groups in total. The fourth-order valence-electron chi connectivity index (χ4n) is 5.97. The zero-order valence-corrected chi connectivity index (χ0v) is 23.4. The summed E-state index contributed by atoms with van der Waals surface area (Å²) in [6.07, 6.45) is 2.03. The normalized spacial score (nSPS) is 20.5. The Balaban J connectivity index is 1.26. The molecule has 3 aliphatic rings. The summed E-state index contributed by atoms with van der Waals surface area (Å²) in [4.78, 5) is 35.0. The maximum Gasteiger partial charge on any atom is 0.389 e. The Hall–Kier alpha value is -3.64. The highest BCUT2D eigenvalue weighted by molar-refractivity contribution is 5.95. The van der Waals surface area contributed by atoms with Crippen LogP contribution in [-0.4, -0.2) is 43.5 Å². The van der Waals surface area contributed by atoms with Crippen LogP contribution < -0.4 is 10.6 Å². The number of carbonyl (C=O) groups excluding carboxylic acids is 2. The van der Waals surface area contributed by atoms with Crippen molar-refractivity contribution in [3.05, 3.63) is 59.3 Å². The lowest BCUT2D eigenvalue weighted by Crippen LogP contribution is -2.37. The molecule has 0 saturated heterocycles. The topological polar surface area (TPSA) is 101 Å². The quantitative estimate of drug-likeness (QED) is 0.268. The number of aromatic nitrogens is 4. The number of hydrogen-bond acceptors (Lipinski definition) is 5. The van der Waals surface area contributed by atoms with Crippen molar-refractivity contribution in [2.75, 3.05) is 0 Å². The lowest BCUT2D eigenvalue weighted by atomic mass is 9.81. The number of imidazole rings is 1. The van der Waals surface area contributed by atoms with Gasteiger partial charge in [0.2, 0.25) is 11.8 Å². The maximum atomic E-state index is 14.1. The molecule has 3 aliphatic carbocycles. The number of rotatable bonds is 10. The number of carbonyl (C=O) groups is 2. The van der Waals surface area contributed by atoms with Crippen molar-refractivity contribution in [1.82, 2.24) is 30.2 Å². The highest BCUT2D eigenvalue weighted by Gasteiger charge is 2.40. The molecule has 0 aromatic carbocycles. The molecular formula is C30H33F5N6O2. The molecule has 0 radical (unpaired) electrons. The first-order valence-electron chi connectivity index (χ1n) is 14.8. The van der Waals surface area contributed by atoms with Crippen LogP contribution in [0, 0.1) is 11.8 Å². The molecule has 3 heterocycles. The Labute approximate surface area is 244 Å². The van der Waals surface area contributed by atoms with Gasteiger partial charge in [0.25, 0.3) is 5.91 Å². The fourth-order valence-corrected chi connectivity index (χ4v) is 5.97. The highest BCUT2D eigenvalue weighted by Crippen LogP contribution is 2.44. The van der Waals surface area contributed by atoms with Gasteiger partial charge in [-0.2, -0.15) is 18.3 Å². The lowest BCUT2D eigenvalue weighted by Gasteiger charge is -2.33. The van der Waals surface area contributed by atoms with E-state index in [1.807, 2.05) is 0 Å². The van der Waals surface area contributed by atoms with Crippen molar-refractivity contribution in [2.24, 2.45) is 11.8 Å². The van der Waals surface area contributed by atoms with Crippen LogP contribution in [0.4, 0.5) is 22.0 Å². The van der Waals surface area contributed by atoms with Gasteiger partial charge >= 0.3 is 6.18 Å². The van der Waals surface area contributed by atoms with Crippen LogP contribution in [0.25, 0.3) is 5.65 Å². The molecule has 2 amide bonds. The molecule has 2 atom stereocenters. The predicted octanol–water partition coefficient (Wildman–Crippen LogP) is 6.21. The van der Waals surface area contributed by atoms with Crippen LogP contribution in [0.15, 0.2) is 36.8 Å². The van der Waals surface area contributed by atoms with Crippen molar-refractivity contribution >= 4 is 17.5 Å². The molecule has 3 saturated carbocycles. The van der Waals surface area contributed by atoms with Gasteiger partial charge in [0.15, 0.2) is 5.65 Å². The van der Waals surface area contributed by atoms with Crippen LogP contribution in [0.1, 0.15) is 110 Å². The average molecular weight is 605 g/mol. The van der Waals surface area contributed by atoms with Crippen molar-refractivity contribution in [3.8, 4) is 0 Å². The van der Waals surface area contributed by atoms with Gasteiger partial charge in [0.05, 0.1) is 47.8 Å². The molecule has 3 aromatic rings. The third-order valence-electron chi connectivity index (χ3n) is 8.65. The van der Waals surface area contributed by atoms with E-state index < -0.39 is 42.9 Å². The molecule has 6 rings (SSSR count). The Bertz CT molecular complexity index is 1490. The van der Waals surface area contributed by atoms with E-state index in [9.17, 15) is 31.5 Å². The standard InChI is InChI=1S/C30H33F5N6O2/c31-29(32)10-7-19(8-11-29)27(40-28(43)21-2-1-13-36-26(21)18-5-6-18)22-16-41-23(38-22)14-20(15-37-41)25(17-3-4-17)39-24(42)9-12-30(33,34)35/h1-2,13-19,25,27H,3-12H2,(H,39,42)(H,40,43)/t25-,27+/m1/s1. The van der Waals surface area contributed by atoms with Crippen LogP contribution in [-0.2, 0) is 4.79 Å². The van der Waals surface area contributed by atoms with Gasteiger partial charge in [-0.15, -0.1) is 0 Å². The minimum atomic E-state index is -4.42. The van der Waals surface area contributed by atoms with Gasteiger partial charge in [-0.25, -0.2) is 18.3 Å². The Morgan fingerprint density at radius 2 is 1.74 bits per heavy atom. The second-order valence-electron chi connectivity index (χ2n) is 12.1. The SMILES string of the molecule is O=C(CCC(F)(F)F)N[C@@H](c1cnn2cc([C@@H](NC(=O)c3cccnc3C3CC3)C3CCC(F)(F)CC3)nc2c1)C1CC1. The minimum absolute atomic E-state index is 0.0876. The van der Waals surface area contributed by atoms with Crippen molar-refractivity contribution < 1.29 is 31.5 Å². The number of fused-ring (bicyclic) bond motifs is 1. The summed E-state index contributed by atoms with van der Waals surface area (Å²) in [6.45, 7) is 0. The van der Waals surface area contributed by atoms with Crippen LogP contribution in [0.5, 0.6) is 0 Å². The van der Waals surface area contributed by atoms with E-state index in [1.165, 1.54) is 4.52 Å². The molecule has 0 bridgehead atoms. The van der Waals surface area contributed by atoms with Gasteiger partial charge in [0, 0.05) is 31.4 Å². The van der Waals surface area contributed by atoms with Gasteiger partial charge in [-0.1, -0.05) is 0 Å². The number of nitrogens with zero attached hydrogens (tertiary/aromatic N) is 4. The summed E-state index contributed by atoms with van der Waals surface area (Å²) in [5.41, 5.74) is 2.72. The minimum Gasteiger partial charge on any atom is -0.349 e. The molecule has 8 nitrogen and oxygen atoms in total. The van der Waals surface area contributed by atoms with Crippen LogP contribution in [0.3, 0.4) is 0 Å². The smallest absolute Gasteiger partial charge is 0.349 e. The van der Waals surface area contributed by atoms with E-state index in [1.54, 1.807) is 36.8 Å². The molecule has 0 spiro atoms. The fraction of sp³-hybridized carbons (Fsp3) is 0.567. The second kappa shape index (κ2) is 11.5. The van der Waals surface area contributed by atoms with E-state index in [0.29, 0.717) is 22.5 Å². The lowest BCUT2D eigenvalue weighted by molar-refractivity contribution is -0.144. The third kappa shape index (κ3) is 7.13. The molecule has 13 heteroatoms. The predicted molar refractivity (Wildman–Crippen MR) is 145 cm³/mol. The molecule has 3 fully saturated rings. The van der Waals surface area contributed by atoms with E-state index in [2.05, 4.69) is 20.7 Å². The first-order valence-corrected chi connectivity index (χ1v) is 14.8. The molecule has 0 unspecified atom stereocenters. The van der Waals surface area contributed by atoms with Crippen molar-refractivity contribution in [3.63, 3.8) is 0 Å². The molecule has 3 aromatic heterocycles. The van der Waals surface area contributed by atoms with Crippen molar-refractivity contribution in [2.45, 2.75) is 94.3 Å². The van der Waals surface area contributed by atoms with Gasteiger partial charge in [0.1, 0.15) is 0 Å². The highest BCUT2D eigenvalue weighted by atomic mass is 19.4. The molecular weight excluding hydrogens is 571 g/mol. The monoisotopic (exact) mass is 604 g/mol. The summed E-state index contributed by atoms with van der Waals surface area (Å²) < 4.78 is 67.5. The number of pyridine rings is 1. The molecule has 230 valence electrons. The first-order chi connectivity index (χ1) is 20.5. The van der Waals surface area contributed by atoms with E-state index in [0.717, 1.165) is 31.4 Å². The number of nitrogens with one attached hydrogen (secondary N) is 2.